The lowest BCUT2D eigenvalue weighted by atomic mass is 10.3. The van der Waals surface area contributed by atoms with Crippen LogP contribution >= 0.6 is 34.4 Å². The first kappa shape index (κ1) is 17.9. The van der Waals surface area contributed by atoms with Crippen LogP contribution in [0.4, 0.5) is 5.69 Å². The summed E-state index contributed by atoms with van der Waals surface area (Å²) in [6, 6.07) is 7.35. The lowest BCUT2D eigenvalue weighted by molar-refractivity contribution is -0.115. The first-order valence-corrected chi connectivity index (χ1v) is 10.3. The minimum absolute atomic E-state index is 0.103. The van der Waals surface area contributed by atoms with Gasteiger partial charge in [-0.05, 0) is 19.1 Å². The number of anilines is 1. The number of nitrogens with zero attached hydrogens (tertiary/aromatic N) is 2. The van der Waals surface area contributed by atoms with Crippen LogP contribution in [-0.4, -0.2) is 23.0 Å². The second-order valence-corrected chi connectivity index (χ2v) is 8.22. The average molecular weight is 392 g/mol. The number of ether oxygens (including phenoxy) is 1. The van der Waals surface area contributed by atoms with E-state index in [-0.39, 0.29) is 12.3 Å². The van der Waals surface area contributed by atoms with Gasteiger partial charge in [-0.1, -0.05) is 23.9 Å². The molecule has 3 rings (SSSR count). The Kier molecular flexibility index (Phi) is 6.06. The number of rotatable bonds is 7. The molecule has 0 aliphatic rings. The normalized spacial score (nSPS) is 10.6. The van der Waals surface area contributed by atoms with E-state index in [0.29, 0.717) is 11.4 Å². The highest BCUT2D eigenvalue weighted by Gasteiger charge is 2.11. The van der Waals surface area contributed by atoms with Crippen molar-refractivity contribution >= 4 is 46.0 Å². The molecule has 1 amide bonds. The molecule has 3 aromatic rings. The molecule has 5 nitrogen and oxygen atoms in total. The molecule has 0 atom stereocenters. The van der Waals surface area contributed by atoms with E-state index in [4.69, 9.17) is 4.74 Å². The maximum atomic E-state index is 12.2. The van der Waals surface area contributed by atoms with Crippen LogP contribution in [0.15, 0.2) is 39.4 Å². The number of thiazole rings is 2. The van der Waals surface area contributed by atoms with Crippen LogP contribution in [-0.2, 0) is 17.0 Å². The van der Waals surface area contributed by atoms with Crippen LogP contribution in [0.5, 0.6) is 5.75 Å². The summed E-state index contributed by atoms with van der Waals surface area (Å²) in [5.74, 6) is 1.30. The summed E-state index contributed by atoms with van der Waals surface area (Å²) in [4.78, 5) is 21.2. The summed E-state index contributed by atoms with van der Waals surface area (Å²) in [6.45, 7) is 1.99. The largest absolute Gasteiger partial charge is 0.495 e. The standard InChI is InChI=1S/C17H17N3O2S3/c1-11-8-24-17(18-11)25-10-12-9-23-16(19-12)7-15(21)20-13-5-3-4-6-14(13)22-2/h3-6,8-9H,7,10H2,1-2H3,(H,20,21). The maximum absolute atomic E-state index is 12.2. The van der Waals surface area contributed by atoms with Crippen LogP contribution in [0.3, 0.4) is 0 Å². The molecule has 0 unspecified atom stereocenters. The zero-order valence-corrected chi connectivity index (χ0v) is 16.3. The monoisotopic (exact) mass is 391 g/mol. The van der Waals surface area contributed by atoms with Gasteiger partial charge in [0, 0.05) is 22.2 Å². The molecule has 0 aliphatic heterocycles. The molecular weight excluding hydrogens is 374 g/mol. The van der Waals surface area contributed by atoms with Gasteiger partial charge in [0.25, 0.3) is 0 Å². The Bertz CT molecular complexity index is 860. The van der Waals surface area contributed by atoms with Crippen LogP contribution in [0.2, 0.25) is 0 Å². The number of aromatic nitrogens is 2. The Morgan fingerprint density at radius 3 is 2.84 bits per heavy atom. The molecule has 130 valence electrons. The van der Waals surface area contributed by atoms with E-state index in [9.17, 15) is 4.79 Å². The zero-order chi connectivity index (χ0) is 17.6. The van der Waals surface area contributed by atoms with Gasteiger partial charge < -0.3 is 10.1 Å². The SMILES string of the molecule is COc1ccccc1NC(=O)Cc1nc(CSc2nc(C)cs2)cs1. The predicted octanol–water partition coefficient (Wildman–Crippen LogP) is 4.39. The number of aryl methyl sites for hydroxylation is 1. The highest BCUT2D eigenvalue weighted by Crippen LogP contribution is 2.27. The number of carbonyl (C=O) groups is 1. The molecule has 0 radical (unpaired) electrons. The van der Waals surface area contributed by atoms with E-state index >= 15 is 0 Å². The Balaban J connectivity index is 1.54. The zero-order valence-electron chi connectivity index (χ0n) is 13.8. The Morgan fingerprint density at radius 2 is 2.08 bits per heavy atom. The van der Waals surface area contributed by atoms with Crippen LogP contribution in [0.1, 0.15) is 16.4 Å². The third kappa shape index (κ3) is 5.04. The number of benzene rings is 1. The highest BCUT2D eigenvalue weighted by molar-refractivity contribution is 8.00. The van der Waals surface area contributed by atoms with Crippen molar-refractivity contribution in [1.29, 1.82) is 0 Å². The van der Waals surface area contributed by atoms with Crippen molar-refractivity contribution < 1.29 is 9.53 Å². The fourth-order valence-electron chi connectivity index (χ4n) is 2.11. The highest BCUT2D eigenvalue weighted by atomic mass is 32.2. The summed E-state index contributed by atoms with van der Waals surface area (Å²) >= 11 is 4.82. The fourth-order valence-corrected chi connectivity index (χ4v) is 4.75. The summed E-state index contributed by atoms with van der Waals surface area (Å²) < 4.78 is 6.28. The molecule has 0 saturated carbocycles. The number of methoxy groups -OCH3 is 1. The van der Waals surface area contributed by atoms with Crippen LogP contribution in [0.25, 0.3) is 0 Å². The molecule has 25 heavy (non-hydrogen) atoms. The first-order chi connectivity index (χ1) is 12.1. The summed E-state index contributed by atoms with van der Waals surface area (Å²) in [5.41, 5.74) is 2.68. The van der Waals surface area contributed by atoms with E-state index in [1.807, 2.05) is 41.9 Å². The number of nitrogens with one attached hydrogen (secondary N) is 1. The van der Waals surface area contributed by atoms with Crippen LogP contribution in [0, 0.1) is 6.92 Å². The number of amides is 1. The van der Waals surface area contributed by atoms with Gasteiger partial charge in [-0.2, -0.15) is 0 Å². The van der Waals surface area contributed by atoms with Crippen molar-refractivity contribution in [1.82, 2.24) is 9.97 Å². The molecule has 0 fully saturated rings. The van der Waals surface area contributed by atoms with Gasteiger partial charge in [-0.25, -0.2) is 9.97 Å². The van der Waals surface area contributed by atoms with E-state index in [0.717, 1.165) is 26.5 Å². The van der Waals surface area contributed by atoms with Crippen LogP contribution < -0.4 is 10.1 Å². The minimum Gasteiger partial charge on any atom is -0.495 e. The van der Waals surface area contributed by atoms with Gasteiger partial charge in [0.2, 0.25) is 5.91 Å². The Morgan fingerprint density at radius 1 is 1.24 bits per heavy atom. The predicted molar refractivity (Wildman–Crippen MR) is 104 cm³/mol. The van der Waals surface area contributed by atoms with Crippen molar-refractivity contribution in [2.75, 3.05) is 12.4 Å². The number of carbonyl (C=O) groups excluding carboxylic acids is 1. The topological polar surface area (TPSA) is 64.1 Å². The lowest BCUT2D eigenvalue weighted by Gasteiger charge is -2.08. The van der Waals surface area contributed by atoms with Gasteiger partial charge in [0.1, 0.15) is 15.1 Å². The van der Waals surface area contributed by atoms with Crippen molar-refractivity contribution in [2.24, 2.45) is 0 Å². The first-order valence-electron chi connectivity index (χ1n) is 7.55. The molecule has 8 heteroatoms. The molecule has 0 bridgehead atoms. The Hall–Kier alpha value is -1.90. The second kappa shape index (κ2) is 8.46. The van der Waals surface area contributed by atoms with Crippen molar-refractivity contribution in [3.8, 4) is 5.75 Å². The van der Waals surface area contributed by atoms with Crippen molar-refractivity contribution in [3.63, 3.8) is 0 Å². The number of hydrogen-bond donors (Lipinski definition) is 1. The van der Waals surface area contributed by atoms with Gasteiger partial charge >= 0.3 is 0 Å². The third-order valence-electron chi connectivity index (χ3n) is 3.23. The minimum atomic E-state index is -0.103. The lowest BCUT2D eigenvalue weighted by Crippen LogP contribution is -2.14. The third-order valence-corrected chi connectivity index (χ3v) is 6.30. The average Bonchev–Trinajstić information content (AvgIpc) is 3.22. The maximum Gasteiger partial charge on any atom is 0.231 e. The molecular formula is C17H17N3O2S3. The van der Waals surface area contributed by atoms with E-state index in [1.165, 1.54) is 11.3 Å². The molecule has 0 aliphatic carbocycles. The molecule has 1 aromatic carbocycles. The molecule has 2 aromatic heterocycles. The fraction of sp³-hybridized carbons (Fsp3) is 0.235. The molecule has 0 saturated heterocycles. The summed E-state index contributed by atoms with van der Waals surface area (Å²) in [6.07, 6.45) is 0.254. The number of hydrogen-bond acceptors (Lipinski definition) is 7. The van der Waals surface area contributed by atoms with E-state index in [2.05, 4.69) is 15.3 Å². The van der Waals surface area contributed by atoms with Gasteiger partial charge in [0.05, 0.1) is 24.9 Å². The van der Waals surface area contributed by atoms with Crippen molar-refractivity contribution in [2.45, 2.75) is 23.4 Å². The Labute approximate surface area is 158 Å². The van der Waals surface area contributed by atoms with Gasteiger partial charge in [0.15, 0.2) is 0 Å². The smallest absolute Gasteiger partial charge is 0.231 e. The van der Waals surface area contributed by atoms with E-state index < -0.39 is 0 Å². The van der Waals surface area contributed by atoms with Gasteiger partial charge in [-0.15, -0.1) is 22.7 Å². The number of para-hydroxylation sites is 2. The number of thioether (sulfide) groups is 1. The molecule has 0 spiro atoms. The molecule has 2 heterocycles. The second-order valence-electron chi connectivity index (χ2n) is 5.20. The summed E-state index contributed by atoms with van der Waals surface area (Å²) in [5, 5.41) is 7.71. The van der Waals surface area contributed by atoms with Crippen molar-refractivity contribution in [3.05, 3.63) is 51.4 Å². The van der Waals surface area contributed by atoms with E-state index in [1.54, 1.807) is 30.2 Å². The molecule has 1 N–H and O–H groups in total. The quantitative estimate of drug-likeness (QED) is 0.605. The summed E-state index contributed by atoms with van der Waals surface area (Å²) in [7, 11) is 1.58. The van der Waals surface area contributed by atoms with Gasteiger partial charge in [-0.3, -0.25) is 4.79 Å².